The Labute approximate surface area is 135 Å². The second-order valence-electron chi connectivity index (χ2n) is 5.95. The summed E-state index contributed by atoms with van der Waals surface area (Å²) in [4.78, 5) is 23.2. The molecule has 2 N–H and O–H groups in total. The predicted molar refractivity (Wildman–Crippen MR) is 88.4 cm³/mol. The molecule has 0 saturated heterocycles. The summed E-state index contributed by atoms with van der Waals surface area (Å²) in [5, 5.41) is 12.8. The predicted octanol–water partition coefficient (Wildman–Crippen LogP) is 3.21. The zero-order valence-corrected chi connectivity index (χ0v) is 13.8. The second kappa shape index (κ2) is 7.31. The van der Waals surface area contributed by atoms with E-state index in [0.29, 0.717) is 6.42 Å². The minimum atomic E-state index is -0.869. The molecule has 0 fully saturated rings. The molecule has 1 atom stereocenters. The first-order valence-corrected chi connectivity index (χ1v) is 7.89. The molecule has 0 aliphatic carbocycles. The van der Waals surface area contributed by atoms with E-state index in [4.69, 9.17) is 9.52 Å². The zero-order valence-electron chi connectivity index (χ0n) is 13.8. The molecular weight excluding hydrogens is 294 g/mol. The van der Waals surface area contributed by atoms with Gasteiger partial charge in [-0.05, 0) is 31.4 Å². The van der Waals surface area contributed by atoms with Crippen molar-refractivity contribution in [1.29, 1.82) is 0 Å². The summed E-state index contributed by atoms with van der Waals surface area (Å²) in [6.45, 7) is 6.10. The molecule has 0 bridgehead atoms. The van der Waals surface area contributed by atoms with Crippen molar-refractivity contribution >= 4 is 22.8 Å². The maximum atomic E-state index is 12.1. The molecule has 0 spiro atoms. The number of nitrogens with one attached hydrogen (secondary N) is 1. The van der Waals surface area contributed by atoms with Gasteiger partial charge in [-0.1, -0.05) is 25.5 Å². The van der Waals surface area contributed by atoms with Gasteiger partial charge in [0.15, 0.2) is 0 Å². The Balaban J connectivity index is 2.03. The van der Waals surface area contributed by atoms with Gasteiger partial charge >= 0.3 is 5.97 Å². The molecule has 1 aromatic heterocycles. The van der Waals surface area contributed by atoms with E-state index in [1.54, 1.807) is 6.26 Å². The Hall–Kier alpha value is -2.30. The van der Waals surface area contributed by atoms with E-state index in [1.165, 1.54) is 0 Å². The van der Waals surface area contributed by atoms with Crippen molar-refractivity contribution in [2.45, 2.75) is 40.0 Å². The maximum Gasteiger partial charge on any atom is 0.308 e. The van der Waals surface area contributed by atoms with Crippen LogP contribution in [0.4, 0.5) is 0 Å². The number of rotatable bonds is 7. The van der Waals surface area contributed by atoms with Crippen molar-refractivity contribution in [2.24, 2.45) is 5.92 Å². The number of carboxylic acids is 1. The molecule has 0 aliphatic heterocycles. The molecule has 124 valence electrons. The molecular formula is C18H23NO4. The Morgan fingerprint density at radius 3 is 2.70 bits per heavy atom. The summed E-state index contributed by atoms with van der Waals surface area (Å²) in [7, 11) is 0. The third-order valence-electron chi connectivity index (χ3n) is 4.22. The molecule has 1 amide bonds. The summed E-state index contributed by atoms with van der Waals surface area (Å²) < 4.78 is 5.59. The van der Waals surface area contributed by atoms with E-state index in [1.807, 2.05) is 32.9 Å². The fourth-order valence-corrected chi connectivity index (χ4v) is 2.66. The number of furan rings is 1. The minimum Gasteiger partial charge on any atom is -0.481 e. The third kappa shape index (κ3) is 3.92. The lowest BCUT2D eigenvalue weighted by atomic mass is 10.0. The lowest BCUT2D eigenvalue weighted by Crippen LogP contribution is -2.33. The summed E-state index contributed by atoms with van der Waals surface area (Å²) >= 11 is 0. The van der Waals surface area contributed by atoms with Gasteiger partial charge in [-0.3, -0.25) is 9.59 Å². The van der Waals surface area contributed by atoms with Gasteiger partial charge in [0.05, 0.1) is 18.6 Å². The number of carbonyl (C=O) groups excluding carboxylic acids is 1. The standard InChI is InChI=1S/C18H23NO4/c1-4-5-13(18(21)22)9-19-16(20)8-14-10-23-17-12(3)11(2)6-7-15(14)17/h6-7,10,13H,4-5,8-9H2,1-3H3,(H,19,20)(H,21,22). The monoisotopic (exact) mass is 317 g/mol. The highest BCUT2D eigenvalue weighted by molar-refractivity contribution is 5.89. The van der Waals surface area contributed by atoms with Crippen LogP contribution in [0.25, 0.3) is 11.0 Å². The SMILES string of the molecule is CCCC(CNC(=O)Cc1coc2c(C)c(C)ccc12)C(=O)O. The normalized spacial score (nSPS) is 12.3. The van der Waals surface area contributed by atoms with E-state index >= 15 is 0 Å². The molecule has 5 nitrogen and oxygen atoms in total. The Morgan fingerprint density at radius 2 is 2.04 bits per heavy atom. The smallest absolute Gasteiger partial charge is 0.308 e. The molecule has 5 heteroatoms. The number of aryl methyl sites for hydroxylation is 2. The first kappa shape index (κ1) is 17.1. The highest BCUT2D eigenvalue weighted by Gasteiger charge is 2.18. The largest absolute Gasteiger partial charge is 0.481 e. The van der Waals surface area contributed by atoms with Gasteiger partial charge < -0.3 is 14.8 Å². The van der Waals surface area contributed by atoms with Crippen LogP contribution in [-0.2, 0) is 16.0 Å². The average Bonchev–Trinajstić information content (AvgIpc) is 2.90. The third-order valence-corrected chi connectivity index (χ3v) is 4.22. The number of hydrogen-bond donors (Lipinski definition) is 2. The number of carbonyl (C=O) groups is 2. The first-order valence-electron chi connectivity index (χ1n) is 7.89. The van der Waals surface area contributed by atoms with Crippen LogP contribution in [0.1, 0.15) is 36.5 Å². The number of carboxylic acid groups (broad SMARTS) is 1. The van der Waals surface area contributed by atoms with Crippen molar-refractivity contribution in [3.05, 3.63) is 35.1 Å². The molecule has 1 aromatic carbocycles. The van der Waals surface area contributed by atoms with Crippen LogP contribution in [0.15, 0.2) is 22.8 Å². The van der Waals surface area contributed by atoms with Crippen LogP contribution in [0, 0.1) is 19.8 Å². The van der Waals surface area contributed by atoms with E-state index in [0.717, 1.165) is 34.1 Å². The van der Waals surface area contributed by atoms with E-state index < -0.39 is 11.9 Å². The molecule has 0 aliphatic rings. The summed E-state index contributed by atoms with van der Waals surface area (Å²) in [5.41, 5.74) is 3.85. The average molecular weight is 317 g/mol. The molecule has 1 unspecified atom stereocenters. The summed E-state index contributed by atoms with van der Waals surface area (Å²) in [6, 6.07) is 3.97. The highest BCUT2D eigenvalue weighted by atomic mass is 16.4. The highest BCUT2D eigenvalue weighted by Crippen LogP contribution is 2.26. The van der Waals surface area contributed by atoms with Crippen molar-refractivity contribution in [1.82, 2.24) is 5.32 Å². The molecule has 2 rings (SSSR count). The number of hydrogen-bond acceptors (Lipinski definition) is 3. The van der Waals surface area contributed by atoms with Crippen molar-refractivity contribution in [2.75, 3.05) is 6.54 Å². The van der Waals surface area contributed by atoms with Gasteiger partial charge in [0.25, 0.3) is 0 Å². The van der Waals surface area contributed by atoms with E-state index in [2.05, 4.69) is 5.32 Å². The Bertz CT molecular complexity index is 717. The fraction of sp³-hybridized carbons (Fsp3) is 0.444. The number of fused-ring (bicyclic) bond motifs is 1. The van der Waals surface area contributed by atoms with Crippen LogP contribution >= 0.6 is 0 Å². The quantitative estimate of drug-likeness (QED) is 0.822. The van der Waals surface area contributed by atoms with Gasteiger partial charge in [0.2, 0.25) is 5.91 Å². The summed E-state index contributed by atoms with van der Waals surface area (Å²) in [5.74, 6) is -1.59. The van der Waals surface area contributed by atoms with Crippen LogP contribution < -0.4 is 5.32 Å². The van der Waals surface area contributed by atoms with Crippen LogP contribution in [0.5, 0.6) is 0 Å². The summed E-state index contributed by atoms with van der Waals surface area (Å²) in [6.07, 6.45) is 3.13. The Morgan fingerprint density at radius 1 is 1.30 bits per heavy atom. The minimum absolute atomic E-state index is 0.163. The van der Waals surface area contributed by atoms with E-state index in [-0.39, 0.29) is 18.9 Å². The van der Waals surface area contributed by atoms with Crippen LogP contribution in [0.2, 0.25) is 0 Å². The van der Waals surface area contributed by atoms with Crippen molar-refractivity contribution < 1.29 is 19.1 Å². The first-order chi connectivity index (χ1) is 10.9. The molecule has 23 heavy (non-hydrogen) atoms. The van der Waals surface area contributed by atoms with Crippen LogP contribution in [-0.4, -0.2) is 23.5 Å². The van der Waals surface area contributed by atoms with Gasteiger partial charge in [0, 0.05) is 17.5 Å². The topological polar surface area (TPSA) is 79.5 Å². The van der Waals surface area contributed by atoms with Gasteiger partial charge in [-0.25, -0.2) is 0 Å². The fourth-order valence-electron chi connectivity index (χ4n) is 2.66. The van der Waals surface area contributed by atoms with E-state index in [9.17, 15) is 9.59 Å². The van der Waals surface area contributed by atoms with Gasteiger partial charge in [0.1, 0.15) is 5.58 Å². The molecule has 0 saturated carbocycles. The number of benzene rings is 1. The number of aliphatic carboxylic acids is 1. The van der Waals surface area contributed by atoms with Crippen molar-refractivity contribution in [3.8, 4) is 0 Å². The molecule has 0 radical (unpaired) electrons. The van der Waals surface area contributed by atoms with Gasteiger partial charge in [-0.2, -0.15) is 0 Å². The van der Waals surface area contributed by atoms with Gasteiger partial charge in [-0.15, -0.1) is 0 Å². The lowest BCUT2D eigenvalue weighted by molar-refractivity contribution is -0.141. The van der Waals surface area contributed by atoms with Crippen molar-refractivity contribution in [3.63, 3.8) is 0 Å². The second-order valence-corrected chi connectivity index (χ2v) is 5.95. The molecule has 2 aromatic rings. The molecule has 1 heterocycles. The number of amides is 1. The maximum absolute atomic E-state index is 12.1. The zero-order chi connectivity index (χ0) is 17.0. The Kier molecular flexibility index (Phi) is 5.42. The lowest BCUT2D eigenvalue weighted by Gasteiger charge is -2.12. The van der Waals surface area contributed by atoms with Crippen LogP contribution in [0.3, 0.4) is 0 Å².